The van der Waals surface area contributed by atoms with Gasteiger partial charge in [-0.15, -0.1) is 6.42 Å². The normalized spacial score (nSPS) is 9.31. The maximum absolute atomic E-state index is 11.0. The van der Waals surface area contributed by atoms with E-state index in [4.69, 9.17) is 11.5 Å². The summed E-state index contributed by atoms with van der Waals surface area (Å²) in [5.41, 5.74) is 1.83. The van der Waals surface area contributed by atoms with Crippen molar-refractivity contribution in [3.63, 3.8) is 0 Å². The van der Waals surface area contributed by atoms with Gasteiger partial charge < -0.3 is 5.11 Å². The standard InChI is InChI=1S/C11H10O2/c1-3-9-6-10(8(2)13)4-5-11(9)7-12/h1,4-6,12H,7H2,2H3. The summed E-state index contributed by atoms with van der Waals surface area (Å²) in [6.45, 7) is 1.38. The van der Waals surface area contributed by atoms with E-state index in [0.29, 0.717) is 16.7 Å². The van der Waals surface area contributed by atoms with E-state index in [0.717, 1.165) is 0 Å². The van der Waals surface area contributed by atoms with Crippen molar-refractivity contribution >= 4 is 5.78 Å². The molecule has 0 heterocycles. The fraction of sp³-hybridized carbons (Fsp3) is 0.182. The molecule has 0 radical (unpaired) electrons. The van der Waals surface area contributed by atoms with Crippen LogP contribution in [0, 0.1) is 12.3 Å². The van der Waals surface area contributed by atoms with Crippen LogP contribution in [-0.4, -0.2) is 10.9 Å². The minimum Gasteiger partial charge on any atom is -0.392 e. The first-order valence-corrected chi connectivity index (χ1v) is 3.90. The molecule has 0 spiro atoms. The van der Waals surface area contributed by atoms with E-state index in [9.17, 15) is 4.79 Å². The minimum absolute atomic E-state index is 0.0269. The molecule has 0 aliphatic rings. The van der Waals surface area contributed by atoms with E-state index in [1.54, 1.807) is 18.2 Å². The average molecular weight is 174 g/mol. The fourth-order valence-corrected chi connectivity index (χ4v) is 1.07. The summed E-state index contributed by atoms with van der Waals surface area (Å²) >= 11 is 0. The van der Waals surface area contributed by atoms with Gasteiger partial charge in [0, 0.05) is 11.1 Å². The van der Waals surface area contributed by atoms with Crippen molar-refractivity contribution < 1.29 is 9.90 Å². The van der Waals surface area contributed by atoms with Crippen LogP contribution in [-0.2, 0) is 6.61 Å². The number of aliphatic hydroxyl groups is 1. The highest BCUT2D eigenvalue weighted by Gasteiger charge is 2.03. The number of Topliss-reactive ketones (excluding diaryl/α,β-unsaturated/α-hetero) is 1. The predicted octanol–water partition coefficient (Wildman–Crippen LogP) is 1.36. The molecule has 2 heteroatoms. The second kappa shape index (κ2) is 3.88. The lowest BCUT2D eigenvalue weighted by Gasteiger charge is -2.02. The van der Waals surface area contributed by atoms with Crippen LogP contribution in [0.25, 0.3) is 0 Å². The van der Waals surface area contributed by atoms with Gasteiger partial charge in [-0.1, -0.05) is 18.1 Å². The molecule has 1 rings (SSSR count). The van der Waals surface area contributed by atoms with Crippen molar-refractivity contribution in [1.82, 2.24) is 0 Å². The Labute approximate surface area is 77.2 Å². The summed E-state index contributed by atoms with van der Waals surface area (Å²) in [6, 6.07) is 4.95. The maximum Gasteiger partial charge on any atom is 0.159 e. The molecule has 0 atom stereocenters. The minimum atomic E-state index is -0.0995. The first kappa shape index (κ1) is 9.50. The third-order valence-electron chi connectivity index (χ3n) is 1.84. The molecule has 0 unspecified atom stereocenters. The molecule has 0 aromatic heterocycles. The van der Waals surface area contributed by atoms with Crippen molar-refractivity contribution in [3.8, 4) is 12.3 Å². The molecule has 0 aliphatic carbocycles. The van der Waals surface area contributed by atoms with Gasteiger partial charge in [0.2, 0.25) is 0 Å². The van der Waals surface area contributed by atoms with Gasteiger partial charge in [-0.05, 0) is 18.6 Å². The monoisotopic (exact) mass is 174 g/mol. The van der Waals surface area contributed by atoms with E-state index in [1.807, 2.05) is 0 Å². The summed E-state index contributed by atoms with van der Waals surface area (Å²) in [6.07, 6.45) is 5.22. The summed E-state index contributed by atoms with van der Waals surface area (Å²) in [4.78, 5) is 11.0. The molecule has 1 aromatic carbocycles. The Balaban J connectivity index is 3.23. The van der Waals surface area contributed by atoms with Crippen LogP contribution < -0.4 is 0 Å². The Morgan fingerprint density at radius 1 is 1.62 bits per heavy atom. The van der Waals surface area contributed by atoms with Gasteiger partial charge in [0.05, 0.1) is 6.61 Å². The molecule has 1 N–H and O–H groups in total. The zero-order chi connectivity index (χ0) is 9.84. The van der Waals surface area contributed by atoms with Crippen molar-refractivity contribution in [2.24, 2.45) is 0 Å². The highest BCUT2D eigenvalue weighted by atomic mass is 16.3. The summed E-state index contributed by atoms with van der Waals surface area (Å²) in [5.74, 6) is 2.40. The molecule has 0 saturated carbocycles. The van der Waals surface area contributed by atoms with E-state index < -0.39 is 0 Å². The fourth-order valence-electron chi connectivity index (χ4n) is 1.07. The van der Waals surface area contributed by atoms with E-state index in [-0.39, 0.29) is 12.4 Å². The smallest absolute Gasteiger partial charge is 0.159 e. The summed E-state index contributed by atoms with van der Waals surface area (Å²) in [5, 5.41) is 8.90. The van der Waals surface area contributed by atoms with Crippen molar-refractivity contribution in [2.45, 2.75) is 13.5 Å². The zero-order valence-electron chi connectivity index (χ0n) is 7.37. The van der Waals surface area contributed by atoms with Gasteiger partial charge in [-0.2, -0.15) is 0 Å². The third-order valence-corrected chi connectivity index (χ3v) is 1.84. The number of rotatable bonds is 2. The Bertz CT molecular complexity index is 372. The van der Waals surface area contributed by atoms with Crippen molar-refractivity contribution in [1.29, 1.82) is 0 Å². The molecule has 0 aliphatic heterocycles. The largest absolute Gasteiger partial charge is 0.392 e. The molecule has 1 aromatic rings. The van der Waals surface area contributed by atoms with Crippen LogP contribution in [0.3, 0.4) is 0 Å². The number of terminal acetylenes is 1. The second-order valence-corrected chi connectivity index (χ2v) is 2.73. The SMILES string of the molecule is C#Cc1cc(C(C)=O)ccc1CO. The molecule has 0 amide bonds. The van der Waals surface area contributed by atoms with E-state index >= 15 is 0 Å². The van der Waals surface area contributed by atoms with Crippen LogP contribution in [0.5, 0.6) is 0 Å². The lowest BCUT2D eigenvalue weighted by atomic mass is 10.0. The zero-order valence-corrected chi connectivity index (χ0v) is 7.37. The van der Waals surface area contributed by atoms with Crippen molar-refractivity contribution in [2.75, 3.05) is 0 Å². The number of hydrogen-bond donors (Lipinski definition) is 1. The van der Waals surface area contributed by atoms with Crippen LogP contribution in [0.15, 0.2) is 18.2 Å². The Kier molecular flexibility index (Phi) is 2.84. The lowest BCUT2D eigenvalue weighted by molar-refractivity contribution is 0.101. The first-order valence-electron chi connectivity index (χ1n) is 3.90. The summed E-state index contributed by atoms with van der Waals surface area (Å²) < 4.78 is 0. The molecule has 66 valence electrons. The van der Waals surface area contributed by atoms with Crippen LogP contribution in [0.1, 0.15) is 28.4 Å². The quantitative estimate of drug-likeness (QED) is 0.543. The van der Waals surface area contributed by atoms with Gasteiger partial charge in [0.1, 0.15) is 0 Å². The lowest BCUT2D eigenvalue weighted by Crippen LogP contribution is -1.96. The van der Waals surface area contributed by atoms with Gasteiger partial charge in [0.25, 0.3) is 0 Å². The average Bonchev–Trinajstić information content (AvgIpc) is 2.16. The molecular weight excluding hydrogens is 164 g/mol. The van der Waals surface area contributed by atoms with Gasteiger partial charge in [-0.3, -0.25) is 4.79 Å². The van der Waals surface area contributed by atoms with Crippen LogP contribution in [0.4, 0.5) is 0 Å². The van der Waals surface area contributed by atoms with Gasteiger partial charge in [-0.25, -0.2) is 0 Å². The Morgan fingerprint density at radius 3 is 2.77 bits per heavy atom. The molecule has 13 heavy (non-hydrogen) atoms. The number of aliphatic hydroxyl groups excluding tert-OH is 1. The first-order chi connectivity index (χ1) is 6.19. The molecule has 0 fully saturated rings. The number of hydrogen-bond acceptors (Lipinski definition) is 2. The number of benzene rings is 1. The Hall–Kier alpha value is -1.59. The number of carbonyl (C=O) groups is 1. The highest BCUT2D eigenvalue weighted by molar-refractivity contribution is 5.94. The molecule has 0 saturated heterocycles. The number of carbonyl (C=O) groups excluding carboxylic acids is 1. The van der Waals surface area contributed by atoms with Gasteiger partial charge >= 0.3 is 0 Å². The highest BCUT2D eigenvalue weighted by Crippen LogP contribution is 2.11. The topological polar surface area (TPSA) is 37.3 Å². The van der Waals surface area contributed by atoms with Crippen LogP contribution in [0.2, 0.25) is 0 Å². The van der Waals surface area contributed by atoms with E-state index in [2.05, 4.69) is 5.92 Å². The Morgan fingerprint density at radius 2 is 2.31 bits per heavy atom. The molecule has 2 nitrogen and oxygen atoms in total. The summed E-state index contributed by atoms with van der Waals surface area (Å²) in [7, 11) is 0. The number of ketones is 1. The van der Waals surface area contributed by atoms with Crippen LogP contribution >= 0.6 is 0 Å². The predicted molar refractivity (Wildman–Crippen MR) is 50.3 cm³/mol. The second-order valence-electron chi connectivity index (χ2n) is 2.73. The van der Waals surface area contributed by atoms with Gasteiger partial charge in [0.15, 0.2) is 5.78 Å². The maximum atomic E-state index is 11.0. The molecular formula is C11H10O2. The van der Waals surface area contributed by atoms with E-state index in [1.165, 1.54) is 6.92 Å². The third kappa shape index (κ3) is 1.95. The van der Waals surface area contributed by atoms with Crippen molar-refractivity contribution in [3.05, 3.63) is 34.9 Å². The molecule has 0 bridgehead atoms.